The Balaban J connectivity index is 2.48. The van der Waals surface area contributed by atoms with Crippen LogP contribution in [0.15, 0.2) is 9.32 Å². The maximum Gasteiger partial charge on any atom is 0.284 e. The number of aromatic nitrogens is 1. The molecule has 1 heterocycles. The van der Waals surface area contributed by atoms with Crippen molar-refractivity contribution in [3.63, 3.8) is 0 Å². The molecule has 1 aliphatic carbocycles. The van der Waals surface area contributed by atoms with Gasteiger partial charge in [0.25, 0.3) is 5.56 Å². The molecular weight excluding hydrogens is 156 g/mol. The predicted molar refractivity (Wildman–Crippen MR) is 44.1 cm³/mol. The minimum Gasteiger partial charge on any atom is -0.383 e. The minimum absolute atomic E-state index is 0.0796. The van der Waals surface area contributed by atoms with Gasteiger partial charge in [-0.1, -0.05) is 0 Å². The van der Waals surface area contributed by atoms with Gasteiger partial charge >= 0.3 is 0 Å². The van der Waals surface area contributed by atoms with E-state index < -0.39 is 0 Å². The van der Waals surface area contributed by atoms with Crippen LogP contribution in [0.1, 0.15) is 30.2 Å². The lowest BCUT2D eigenvalue weighted by Gasteiger charge is -2.18. The van der Waals surface area contributed by atoms with Gasteiger partial charge in [0.1, 0.15) is 5.76 Å². The van der Waals surface area contributed by atoms with E-state index in [1.165, 1.54) is 0 Å². The first-order valence-electron chi connectivity index (χ1n) is 4.20. The molecule has 0 aliphatic heterocycles. The first-order valence-corrected chi connectivity index (χ1v) is 4.20. The summed E-state index contributed by atoms with van der Waals surface area (Å²) < 4.78 is 5.04. The highest BCUT2D eigenvalue weighted by Crippen LogP contribution is 2.25. The number of hydrogen-bond acceptors (Lipinski definition) is 3. The molecule has 12 heavy (non-hydrogen) atoms. The highest BCUT2D eigenvalue weighted by Gasteiger charge is 2.25. The van der Waals surface area contributed by atoms with Crippen molar-refractivity contribution >= 4 is 0 Å². The highest BCUT2D eigenvalue weighted by molar-refractivity contribution is 5.21. The molecule has 0 bridgehead atoms. The fourth-order valence-electron chi connectivity index (χ4n) is 1.78. The van der Waals surface area contributed by atoms with E-state index in [9.17, 15) is 4.79 Å². The van der Waals surface area contributed by atoms with Crippen molar-refractivity contribution in [1.82, 2.24) is 10.5 Å². The van der Waals surface area contributed by atoms with Gasteiger partial charge in [-0.2, -0.15) is 5.16 Å². The first kappa shape index (κ1) is 7.61. The van der Waals surface area contributed by atoms with Gasteiger partial charge in [-0.3, -0.25) is 4.79 Å². The quantitative estimate of drug-likeness (QED) is 0.644. The summed E-state index contributed by atoms with van der Waals surface area (Å²) in [7, 11) is 1.87. The molecule has 1 aromatic rings. The third kappa shape index (κ3) is 0.992. The highest BCUT2D eigenvalue weighted by atomic mass is 16.5. The average Bonchev–Trinajstić information content (AvgIpc) is 2.48. The van der Waals surface area contributed by atoms with Crippen LogP contribution < -0.4 is 10.9 Å². The van der Waals surface area contributed by atoms with Crippen LogP contribution >= 0.6 is 0 Å². The summed E-state index contributed by atoms with van der Waals surface area (Å²) >= 11 is 0. The molecule has 0 spiro atoms. The Morgan fingerprint density at radius 3 is 3.25 bits per heavy atom. The molecule has 0 amide bonds. The minimum atomic E-state index is -0.0796. The van der Waals surface area contributed by atoms with E-state index in [1.54, 1.807) is 0 Å². The summed E-state index contributed by atoms with van der Waals surface area (Å²) in [5.74, 6) is 0.825. The smallest absolute Gasteiger partial charge is 0.284 e. The Morgan fingerprint density at radius 2 is 2.50 bits per heavy atom. The monoisotopic (exact) mass is 168 g/mol. The molecule has 0 unspecified atom stereocenters. The van der Waals surface area contributed by atoms with Gasteiger partial charge in [-0.15, -0.1) is 0 Å². The maximum absolute atomic E-state index is 11.2. The maximum atomic E-state index is 11.2. The number of H-pyrrole nitrogens is 1. The first-order chi connectivity index (χ1) is 5.83. The van der Waals surface area contributed by atoms with Crippen LogP contribution in [0, 0.1) is 0 Å². The summed E-state index contributed by atoms with van der Waals surface area (Å²) in [5, 5.41) is 5.48. The number of aromatic amines is 1. The molecule has 0 aromatic carbocycles. The zero-order chi connectivity index (χ0) is 8.55. The lowest BCUT2D eigenvalue weighted by Crippen LogP contribution is -2.25. The van der Waals surface area contributed by atoms with Crippen LogP contribution in [0.3, 0.4) is 0 Å². The van der Waals surface area contributed by atoms with E-state index in [0.29, 0.717) is 0 Å². The number of aryl methyl sites for hydroxylation is 1. The third-order valence-electron chi connectivity index (χ3n) is 2.41. The standard InChI is InChI=1S/C8H12N2O2/c1-9-5-3-2-4-6-7(5)8(11)10-12-6/h5,9H,2-4H2,1H3,(H,10,11)/t5-/m0/s1. The van der Waals surface area contributed by atoms with Gasteiger partial charge in [-0.25, -0.2) is 0 Å². The zero-order valence-electron chi connectivity index (χ0n) is 7.02. The van der Waals surface area contributed by atoms with Gasteiger partial charge in [0.15, 0.2) is 0 Å². The molecule has 0 radical (unpaired) electrons. The van der Waals surface area contributed by atoms with E-state index in [0.717, 1.165) is 30.6 Å². The third-order valence-corrected chi connectivity index (χ3v) is 2.41. The number of rotatable bonds is 1. The lowest BCUT2D eigenvalue weighted by molar-refractivity contribution is 0.357. The normalized spacial score (nSPS) is 22.2. The van der Waals surface area contributed by atoms with Crippen molar-refractivity contribution in [3.8, 4) is 0 Å². The molecule has 0 saturated carbocycles. The Kier molecular flexibility index (Phi) is 1.77. The zero-order valence-corrected chi connectivity index (χ0v) is 7.02. The fourth-order valence-corrected chi connectivity index (χ4v) is 1.78. The molecule has 1 aromatic heterocycles. The van der Waals surface area contributed by atoms with Gasteiger partial charge < -0.3 is 9.84 Å². The van der Waals surface area contributed by atoms with Crippen molar-refractivity contribution < 1.29 is 4.52 Å². The van der Waals surface area contributed by atoms with Crippen LogP contribution in [0.4, 0.5) is 0 Å². The molecule has 0 saturated heterocycles. The summed E-state index contributed by atoms with van der Waals surface area (Å²) in [4.78, 5) is 11.2. The lowest BCUT2D eigenvalue weighted by atomic mass is 9.94. The molecular formula is C8H12N2O2. The summed E-state index contributed by atoms with van der Waals surface area (Å²) in [6, 6.07) is 0.177. The van der Waals surface area contributed by atoms with Crippen LogP contribution in [-0.4, -0.2) is 12.2 Å². The summed E-state index contributed by atoms with van der Waals surface area (Å²) in [6.45, 7) is 0. The molecule has 4 heteroatoms. The number of hydrogen-bond donors (Lipinski definition) is 2. The van der Waals surface area contributed by atoms with Crippen LogP contribution in [-0.2, 0) is 6.42 Å². The SMILES string of the molecule is CN[C@H]1CCCc2o[nH]c(=O)c21. The summed E-state index contributed by atoms with van der Waals surface area (Å²) in [6.07, 6.45) is 2.98. The van der Waals surface area contributed by atoms with E-state index in [-0.39, 0.29) is 11.6 Å². The fraction of sp³-hybridized carbons (Fsp3) is 0.625. The Morgan fingerprint density at radius 1 is 1.67 bits per heavy atom. The van der Waals surface area contributed by atoms with Gasteiger partial charge in [-0.05, 0) is 19.9 Å². The van der Waals surface area contributed by atoms with Crippen molar-refractivity contribution in [2.45, 2.75) is 25.3 Å². The van der Waals surface area contributed by atoms with Gasteiger partial charge in [0.2, 0.25) is 0 Å². The molecule has 4 nitrogen and oxygen atoms in total. The van der Waals surface area contributed by atoms with E-state index in [2.05, 4.69) is 10.5 Å². The molecule has 2 N–H and O–H groups in total. The van der Waals surface area contributed by atoms with Crippen molar-refractivity contribution in [3.05, 3.63) is 21.7 Å². The van der Waals surface area contributed by atoms with Crippen molar-refractivity contribution in [2.75, 3.05) is 7.05 Å². The molecule has 1 aliphatic rings. The van der Waals surface area contributed by atoms with Crippen molar-refractivity contribution in [1.29, 1.82) is 0 Å². The molecule has 66 valence electrons. The summed E-state index contributed by atoms with van der Waals surface area (Å²) in [5.41, 5.74) is 0.716. The topological polar surface area (TPSA) is 58.0 Å². The number of nitrogens with one attached hydrogen (secondary N) is 2. The Labute approximate surface area is 69.9 Å². The van der Waals surface area contributed by atoms with Crippen LogP contribution in [0.2, 0.25) is 0 Å². The molecule has 0 fully saturated rings. The number of fused-ring (bicyclic) bond motifs is 1. The van der Waals surface area contributed by atoms with E-state index >= 15 is 0 Å². The Hall–Kier alpha value is -1.03. The second-order valence-electron chi connectivity index (χ2n) is 3.10. The van der Waals surface area contributed by atoms with Crippen molar-refractivity contribution in [2.24, 2.45) is 0 Å². The average molecular weight is 168 g/mol. The van der Waals surface area contributed by atoms with Gasteiger partial charge in [0, 0.05) is 12.5 Å². The van der Waals surface area contributed by atoms with Crippen LogP contribution in [0.5, 0.6) is 0 Å². The molecule has 2 rings (SSSR count). The second kappa shape index (κ2) is 2.79. The van der Waals surface area contributed by atoms with Gasteiger partial charge in [0.05, 0.1) is 5.56 Å². The van der Waals surface area contributed by atoms with E-state index in [1.807, 2.05) is 7.05 Å². The van der Waals surface area contributed by atoms with Crippen LogP contribution in [0.25, 0.3) is 0 Å². The van der Waals surface area contributed by atoms with E-state index in [4.69, 9.17) is 4.52 Å². The predicted octanol–water partition coefficient (Wildman–Crippen LogP) is 0.565. The largest absolute Gasteiger partial charge is 0.383 e. The Bertz CT molecular complexity index is 326. The second-order valence-corrected chi connectivity index (χ2v) is 3.10. The molecule has 1 atom stereocenters.